The molecule has 1 aromatic carbocycles. The van der Waals surface area contributed by atoms with E-state index in [1.54, 1.807) is 6.07 Å². The van der Waals surface area contributed by atoms with Crippen LogP contribution in [0, 0.1) is 0 Å². The average molecular weight is 281 g/mol. The zero-order chi connectivity index (χ0) is 14.7. The van der Waals surface area contributed by atoms with Gasteiger partial charge in [0.2, 0.25) is 6.10 Å². The Balaban J connectivity index is 2.26. The maximum absolute atomic E-state index is 12.1. The van der Waals surface area contributed by atoms with Gasteiger partial charge in [0.05, 0.1) is 32.1 Å². The topological polar surface area (TPSA) is 97.1 Å². The normalized spacial score (nSPS) is 17.5. The number of cyclic esters (lactones) is 1. The standard InChI is InChI=1S/C13H15NO6/c1-17-7-5-8(11(14)10(6-7)18-2)12(15)20-9-3-4-19-13(9)16/h5-6,9H,3-4,14H2,1-2H3. The van der Waals surface area contributed by atoms with Crippen molar-refractivity contribution in [3.05, 3.63) is 17.7 Å². The van der Waals surface area contributed by atoms with Crippen LogP contribution in [0.15, 0.2) is 12.1 Å². The van der Waals surface area contributed by atoms with Crippen LogP contribution >= 0.6 is 0 Å². The van der Waals surface area contributed by atoms with Gasteiger partial charge in [-0.15, -0.1) is 0 Å². The molecule has 7 heteroatoms. The van der Waals surface area contributed by atoms with Crippen LogP contribution in [0.2, 0.25) is 0 Å². The molecule has 0 aromatic heterocycles. The lowest BCUT2D eigenvalue weighted by atomic mass is 10.1. The molecule has 0 bridgehead atoms. The van der Waals surface area contributed by atoms with Gasteiger partial charge in [-0.2, -0.15) is 0 Å². The SMILES string of the molecule is COc1cc(OC)c(N)c(C(=O)OC2CCOC2=O)c1. The highest BCUT2D eigenvalue weighted by molar-refractivity contribution is 5.98. The molecule has 0 amide bonds. The van der Waals surface area contributed by atoms with Crippen molar-refractivity contribution in [2.75, 3.05) is 26.6 Å². The molecule has 1 aliphatic heterocycles. The van der Waals surface area contributed by atoms with E-state index in [1.807, 2.05) is 0 Å². The number of carbonyl (C=O) groups is 2. The van der Waals surface area contributed by atoms with Crippen molar-refractivity contribution >= 4 is 17.6 Å². The lowest BCUT2D eigenvalue weighted by Gasteiger charge is -2.13. The molecule has 0 radical (unpaired) electrons. The zero-order valence-electron chi connectivity index (χ0n) is 11.2. The minimum absolute atomic E-state index is 0.0842. The maximum Gasteiger partial charge on any atom is 0.347 e. The number of methoxy groups -OCH3 is 2. The highest BCUT2D eigenvalue weighted by Gasteiger charge is 2.31. The highest BCUT2D eigenvalue weighted by atomic mass is 16.6. The zero-order valence-corrected chi connectivity index (χ0v) is 11.2. The largest absolute Gasteiger partial charge is 0.497 e. The summed E-state index contributed by atoms with van der Waals surface area (Å²) >= 11 is 0. The Morgan fingerprint density at radius 3 is 2.65 bits per heavy atom. The van der Waals surface area contributed by atoms with Gasteiger partial charge in [-0.05, 0) is 6.07 Å². The van der Waals surface area contributed by atoms with Crippen LogP contribution in [0.3, 0.4) is 0 Å². The number of carbonyl (C=O) groups excluding carboxylic acids is 2. The Morgan fingerprint density at radius 1 is 1.35 bits per heavy atom. The number of rotatable bonds is 4. The van der Waals surface area contributed by atoms with Gasteiger partial charge < -0.3 is 24.7 Å². The van der Waals surface area contributed by atoms with Gasteiger partial charge in [0.15, 0.2) is 0 Å². The summed E-state index contributed by atoms with van der Waals surface area (Å²) in [5.41, 5.74) is 6.04. The quantitative estimate of drug-likeness (QED) is 0.642. The van der Waals surface area contributed by atoms with E-state index in [2.05, 4.69) is 0 Å². The maximum atomic E-state index is 12.1. The van der Waals surface area contributed by atoms with E-state index in [9.17, 15) is 9.59 Å². The number of nitrogens with two attached hydrogens (primary N) is 1. The predicted molar refractivity (Wildman–Crippen MR) is 68.7 cm³/mol. The van der Waals surface area contributed by atoms with E-state index in [1.165, 1.54) is 20.3 Å². The first-order chi connectivity index (χ1) is 9.56. The lowest BCUT2D eigenvalue weighted by molar-refractivity contribution is -0.145. The number of nitrogen functional groups attached to an aromatic ring is 1. The summed E-state index contributed by atoms with van der Waals surface area (Å²) < 4.78 is 19.9. The number of hydrogen-bond acceptors (Lipinski definition) is 7. The molecular weight excluding hydrogens is 266 g/mol. The van der Waals surface area contributed by atoms with Gasteiger partial charge in [-0.1, -0.05) is 0 Å². The molecule has 0 aliphatic carbocycles. The molecule has 0 saturated carbocycles. The number of ether oxygens (including phenoxy) is 4. The third-order valence-corrected chi connectivity index (χ3v) is 2.93. The molecule has 1 fully saturated rings. The van der Waals surface area contributed by atoms with Gasteiger partial charge >= 0.3 is 11.9 Å². The van der Waals surface area contributed by atoms with Gasteiger partial charge in [0.1, 0.15) is 11.5 Å². The van der Waals surface area contributed by atoms with E-state index in [0.717, 1.165) is 0 Å². The Labute approximate surface area is 115 Å². The van der Waals surface area contributed by atoms with Gasteiger partial charge in [-0.25, -0.2) is 9.59 Å². The van der Waals surface area contributed by atoms with Gasteiger partial charge in [0.25, 0.3) is 0 Å². The second-order valence-corrected chi connectivity index (χ2v) is 4.14. The Bertz CT molecular complexity index is 542. The van der Waals surface area contributed by atoms with Crippen LogP contribution < -0.4 is 15.2 Å². The van der Waals surface area contributed by atoms with Crippen LogP contribution in [0.1, 0.15) is 16.8 Å². The van der Waals surface area contributed by atoms with Crippen molar-refractivity contribution in [3.63, 3.8) is 0 Å². The molecule has 1 unspecified atom stereocenters. The first kappa shape index (κ1) is 14.0. The molecular formula is C13H15NO6. The van der Waals surface area contributed by atoms with E-state index in [0.29, 0.717) is 17.9 Å². The fraction of sp³-hybridized carbons (Fsp3) is 0.385. The van der Waals surface area contributed by atoms with Crippen LogP contribution in [0.25, 0.3) is 0 Å². The van der Waals surface area contributed by atoms with Crippen molar-refractivity contribution in [3.8, 4) is 11.5 Å². The molecule has 2 N–H and O–H groups in total. The summed E-state index contributed by atoms with van der Waals surface area (Å²) in [6.07, 6.45) is -0.551. The van der Waals surface area contributed by atoms with Crippen LogP contribution in [0.4, 0.5) is 5.69 Å². The van der Waals surface area contributed by atoms with Crippen molar-refractivity contribution in [1.82, 2.24) is 0 Å². The van der Waals surface area contributed by atoms with Crippen LogP contribution in [0.5, 0.6) is 11.5 Å². The summed E-state index contributed by atoms with van der Waals surface area (Å²) in [4.78, 5) is 23.4. The van der Waals surface area contributed by atoms with E-state index in [4.69, 9.17) is 24.7 Å². The van der Waals surface area contributed by atoms with Gasteiger partial charge in [0, 0.05) is 12.5 Å². The molecule has 1 aromatic rings. The number of hydrogen-bond donors (Lipinski definition) is 1. The molecule has 0 spiro atoms. The smallest absolute Gasteiger partial charge is 0.347 e. The van der Waals surface area contributed by atoms with E-state index >= 15 is 0 Å². The summed E-state index contributed by atoms with van der Waals surface area (Å²) in [5, 5.41) is 0. The fourth-order valence-electron chi connectivity index (χ4n) is 1.83. The number of esters is 2. The van der Waals surface area contributed by atoms with Crippen molar-refractivity contribution in [2.24, 2.45) is 0 Å². The molecule has 1 aliphatic rings. The van der Waals surface area contributed by atoms with Crippen molar-refractivity contribution in [2.45, 2.75) is 12.5 Å². The molecule has 7 nitrogen and oxygen atoms in total. The minimum Gasteiger partial charge on any atom is -0.497 e. The third kappa shape index (κ3) is 2.61. The Kier molecular flexibility index (Phi) is 3.97. The lowest BCUT2D eigenvalue weighted by Crippen LogP contribution is -2.23. The second-order valence-electron chi connectivity index (χ2n) is 4.14. The van der Waals surface area contributed by atoms with Crippen LogP contribution in [-0.2, 0) is 14.3 Å². The average Bonchev–Trinajstić information content (AvgIpc) is 2.84. The minimum atomic E-state index is -0.890. The molecule has 1 heterocycles. The summed E-state index contributed by atoms with van der Waals surface area (Å²) in [7, 11) is 2.88. The van der Waals surface area contributed by atoms with Gasteiger partial charge in [-0.3, -0.25) is 0 Å². The van der Waals surface area contributed by atoms with E-state index < -0.39 is 18.0 Å². The fourth-order valence-corrected chi connectivity index (χ4v) is 1.83. The monoisotopic (exact) mass is 281 g/mol. The molecule has 1 atom stereocenters. The first-order valence-electron chi connectivity index (χ1n) is 5.96. The third-order valence-electron chi connectivity index (χ3n) is 2.93. The van der Waals surface area contributed by atoms with Crippen LogP contribution in [-0.4, -0.2) is 38.9 Å². The van der Waals surface area contributed by atoms with Crippen molar-refractivity contribution in [1.29, 1.82) is 0 Å². The molecule has 2 rings (SSSR count). The summed E-state index contributed by atoms with van der Waals surface area (Å²) in [6.45, 7) is 0.244. The predicted octanol–water partition coefficient (Wildman–Crippen LogP) is 0.758. The molecule has 1 saturated heterocycles. The highest BCUT2D eigenvalue weighted by Crippen LogP contribution is 2.32. The Hall–Kier alpha value is -2.44. The number of benzene rings is 1. The summed E-state index contributed by atoms with van der Waals surface area (Å²) in [5.74, 6) is -0.572. The van der Waals surface area contributed by atoms with E-state index in [-0.39, 0.29) is 17.9 Å². The second kappa shape index (κ2) is 5.68. The molecule has 108 valence electrons. The van der Waals surface area contributed by atoms with Crippen molar-refractivity contribution < 1.29 is 28.5 Å². The summed E-state index contributed by atoms with van der Waals surface area (Å²) in [6, 6.07) is 2.98. The molecule has 20 heavy (non-hydrogen) atoms. The Morgan fingerprint density at radius 2 is 2.10 bits per heavy atom. The number of anilines is 1. The first-order valence-corrected chi connectivity index (χ1v) is 5.96.